The number of carboxylic acids is 1. The van der Waals surface area contributed by atoms with Gasteiger partial charge in [0.15, 0.2) is 0 Å². The second-order valence-electron chi connectivity index (χ2n) is 4.57. The first kappa shape index (κ1) is 16.3. The summed E-state index contributed by atoms with van der Waals surface area (Å²) < 4.78 is 5.69. The Hall–Kier alpha value is -2.05. The Balaban J connectivity index is 2.41. The van der Waals surface area contributed by atoms with Crippen molar-refractivity contribution in [3.63, 3.8) is 0 Å². The molecule has 0 aliphatic carbocycles. The Labute approximate surface area is 136 Å². The van der Waals surface area contributed by atoms with E-state index in [-0.39, 0.29) is 22.9 Å². The molecule has 3 N–H and O–H groups in total. The van der Waals surface area contributed by atoms with Crippen molar-refractivity contribution in [3.8, 4) is 5.75 Å². The Bertz CT molecular complexity index is 738. The number of anilines is 1. The summed E-state index contributed by atoms with van der Waals surface area (Å²) in [5.41, 5.74) is 6.01. The first-order chi connectivity index (χ1) is 10.3. The molecule has 0 radical (unpaired) electrons. The molecule has 2 rings (SSSR count). The third kappa shape index (κ3) is 3.40. The minimum absolute atomic E-state index is 0.0184. The largest absolute Gasteiger partial charge is 0.483 e. The number of halogens is 2. The van der Waals surface area contributed by atoms with Crippen LogP contribution in [0.3, 0.4) is 0 Å². The zero-order valence-electron chi connectivity index (χ0n) is 11.8. The second-order valence-corrected chi connectivity index (χ2v) is 5.41. The lowest BCUT2D eigenvalue weighted by atomic mass is 10.1. The van der Waals surface area contributed by atoms with Crippen LogP contribution in [-0.4, -0.2) is 21.0 Å². The molecule has 1 aromatic carbocycles. The van der Waals surface area contributed by atoms with Crippen LogP contribution >= 0.6 is 23.2 Å². The van der Waals surface area contributed by atoms with Gasteiger partial charge in [-0.15, -0.1) is 0 Å². The van der Waals surface area contributed by atoms with Gasteiger partial charge in [-0.05, 0) is 32.0 Å². The molecule has 1 aromatic heterocycles. The third-order valence-corrected chi connectivity index (χ3v) is 3.46. The van der Waals surface area contributed by atoms with Gasteiger partial charge in [0.2, 0.25) is 5.95 Å². The lowest BCUT2D eigenvalue weighted by Crippen LogP contribution is -2.17. The maximum absolute atomic E-state index is 11.4. The molecule has 0 amide bonds. The minimum Gasteiger partial charge on any atom is -0.483 e. The van der Waals surface area contributed by atoms with Gasteiger partial charge in [-0.2, -0.15) is 0 Å². The smallest absolute Gasteiger partial charge is 0.339 e. The fourth-order valence-corrected chi connectivity index (χ4v) is 2.45. The number of carbonyl (C=O) groups is 1. The predicted octanol–water partition coefficient (Wildman–Crippen LogP) is 3.51. The monoisotopic (exact) mass is 341 g/mol. The molecule has 1 atom stereocenters. The van der Waals surface area contributed by atoms with E-state index < -0.39 is 12.1 Å². The number of carboxylic acid groups (broad SMARTS) is 1. The summed E-state index contributed by atoms with van der Waals surface area (Å²) in [5.74, 6) is -0.801. The highest BCUT2D eigenvalue weighted by Crippen LogP contribution is 2.32. The number of nitrogens with zero attached hydrogens (tertiary/aromatic N) is 2. The van der Waals surface area contributed by atoms with Crippen LogP contribution in [0.2, 0.25) is 10.0 Å². The summed E-state index contributed by atoms with van der Waals surface area (Å²) in [6.07, 6.45) is -0.686. The van der Waals surface area contributed by atoms with E-state index in [1.807, 2.05) is 0 Å². The van der Waals surface area contributed by atoms with Crippen LogP contribution in [0.1, 0.15) is 34.8 Å². The molecule has 6 nitrogen and oxygen atoms in total. The van der Waals surface area contributed by atoms with Crippen LogP contribution in [0.4, 0.5) is 5.95 Å². The SMILES string of the molecule is Cc1nc(N)nc(C(C)Oc2ccc(Cl)cc2Cl)c1C(=O)O. The van der Waals surface area contributed by atoms with Crippen molar-refractivity contribution in [2.24, 2.45) is 0 Å². The summed E-state index contributed by atoms with van der Waals surface area (Å²) >= 11 is 11.9. The van der Waals surface area contributed by atoms with Crippen molar-refractivity contribution in [1.29, 1.82) is 0 Å². The van der Waals surface area contributed by atoms with E-state index in [2.05, 4.69) is 9.97 Å². The van der Waals surface area contributed by atoms with Crippen molar-refractivity contribution < 1.29 is 14.6 Å². The van der Waals surface area contributed by atoms with E-state index in [0.29, 0.717) is 15.8 Å². The van der Waals surface area contributed by atoms with Crippen molar-refractivity contribution in [3.05, 3.63) is 45.2 Å². The molecule has 0 aliphatic rings. The number of hydrogen-bond donors (Lipinski definition) is 2. The van der Waals surface area contributed by atoms with Crippen molar-refractivity contribution in [2.75, 3.05) is 5.73 Å². The van der Waals surface area contributed by atoms with Gasteiger partial charge in [0.25, 0.3) is 0 Å². The topological polar surface area (TPSA) is 98.3 Å². The second kappa shape index (κ2) is 6.37. The number of aromatic carboxylic acids is 1. The fourth-order valence-electron chi connectivity index (χ4n) is 1.99. The Morgan fingerprint density at radius 3 is 2.64 bits per heavy atom. The standard InChI is InChI=1S/C14H13Cl2N3O3/c1-6-11(13(20)21)12(19-14(17)18-6)7(2)22-10-4-3-8(15)5-9(10)16/h3-5,7H,1-2H3,(H,20,21)(H2,17,18,19). The van der Waals surface area contributed by atoms with Crippen LogP contribution in [0, 0.1) is 6.92 Å². The molecule has 0 fully saturated rings. The molecule has 0 aliphatic heterocycles. The molecule has 1 heterocycles. The molecule has 0 saturated heterocycles. The van der Waals surface area contributed by atoms with Crippen molar-refractivity contribution in [2.45, 2.75) is 20.0 Å². The summed E-state index contributed by atoms with van der Waals surface area (Å²) in [6, 6.07) is 4.75. The molecule has 2 aromatic rings. The Morgan fingerprint density at radius 2 is 2.05 bits per heavy atom. The van der Waals surface area contributed by atoms with Gasteiger partial charge in [-0.3, -0.25) is 0 Å². The van der Waals surface area contributed by atoms with E-state index >= 15 is 0 Å². The van der Waals surface area contributed by atoms with Crippen molar-refractivity contribution >= 4 is 35.1 Å². The zero-order valence-corrected chi connectivity index (χ0v) is 13.3. The van der Waals surface area contributed by atoms with Gasteiger partial charge in [0.05, 0.1) is 10.7 Å². The third-order valence-electron chi connectivity index (χ3n) is 2.93. The van der Waals surface area contributed by atoms with Crippen LogP contribution < -0.4 is 10.5 Å². The van der Waals surface area contributed by atoms with E-state index in [1.165, 1.54) is 6.07 Å². The molecular formula is C14H13Cl2N3O3. The molecule has 116 valence electrons. The average molecular weight is 342 g/mol. The molecule has 0 bridgehead atoms. The van der Waals surface area contributed by atoms with E-state index in [9.17, 15) is 9.90 Å². The van der Waals surface area contributed by atoms with Crippen LogP contribution in [0.15, 0.2) is 18.2 Å². The number of benzene rings is 1. The maximum Gasteiger partial charge on any atom is 0.339 e. The van der Waals surface area contributed by atoms with Gasteiger partial charge < -0.3 is 15.6 Å². The molecular weight excluding hydrogens is 329 g/mol. The lowest BCUT2D eigenvalue weighted by molar-refractivity contribution is 0.0689. The Kier molecular flexibility index (Phi) is 4.73. The van der Waals surface area contributed by atoms with Crippen LogP contribution in [0.5, 0.6) is 5.75 Å². The van der Waals surface area contributed by atoms with Gasteiger partial charge in [-0.1, -0.05) is 23.2 Å². The van der Waals surface area contributed by atoms with Crippen LogP contribution in [-0.2, 0) is 0 Å². The van der Waals surface area contributed by atoms with Gasteiger partial charge in [0.1, 0.15) is 23.1 Å². The van der Waals surface area contributed by atoms with Crippen molar-refractivity contribution in [1.82, 2.24) is 9.97 Å². The van der Waals surface area contributed by atoms with Crippen LogP contribution in [0.25, 0.3) is 0 Å². The van der Waals surface area contributed by atoms with Gasteiger partial charge >= 0.3 is 5.97 Å². The summed E-state index contributed by atoms with van der Waals surface area (Å²) in [5, 5.41) is 10.1. The highest BCUT2D eigenvalue weighted by molar-refractivity contribution is 6.35. The number of aromatic nitrogens is 2. The molecule has 1 unspecified atom stereocenters. The molecule has 8 heteroatoms. The summed E-state index contributed by atoms with van der Waals surface area (Å²) in [6.45, 7) is 3.20. The molecule has 22 heavy (non-hydrogen) atoms. The number of ether oxygens (including phenoxy) is 1. The summed E-state index contributed by atoms with van der Waals surface area (Å²) in [4.78, 5) is 19.3. The highest BCUT2D eigenvalue weighted by atomic mass is 35.5. The Morgan fingerprint density at radius 1 is 1.36 bits per heavy atom. The van der Waals surface area contributed by atoms with Gasteiger partial charge in [-0.25, -0.2) is 14.8 Å². The highest BCUT2D eigenvalue weighted by Gasteiger charge is 2.23. The first-order valence-corrected chi connectivity index (χ1v) is 7.04. The molecule has 0 spiro atoms. The lowest BCUT2D eigenvalue weighted by Gasteiger charge is -2.18. The maximum atomic E-state index is 11.4. The normalized spacial score (nSPS) is 12.0. The van der Waals surface area contributed by atoms with E-state index in [0.717, 1.165) is 0 Å². The molecule has 0 saturated carbocycles. The first-order valence-electron chi connectivity index (χ1n) is 6.28. The fraction of sp³-hybridized carbons (Fsp3) is 0.214. The predicted molar refractivity (Wildman–Crippen MR) is 83.6 cm³/mol. The number of nitrogens with two attached hydrogens (primary N) is 1. The van der Waals surface area contributed by atoms with E-state index in [1.54, 1.807) is 26.0 Å². The number of nitrogen functional groups attached to an aromatic ring is 1. The summed E-state index contributed by atoms with van der Waals surface area (Å²) in [7, 11) is 0. The number of aryl methyl sites for hydroxylation is 1. The number of rotatable bonds is 4. The minimum atomic E-state index is -1.15. The number of hydrogen-bond acceptors (Lipinski definition) is 5. The average Bonchev–Trinajstić information content (AvgIpc) is 2.40. The zero-order chi connectivity index (χ0) is 16.4. The van der Waals surface area contributed by atoms with Gasteiger partial charge in [0, 0.05) is 5.02 Å². The van der Waals surface area contributed by atoms with E-state index in [4.69, 9.17) is 33.7 Å². The quantitative estimate of drug-likeness (QED) is 0.882.